The molecule has 0 fully saturated rings. The zero-order valence-electron chi connectivity index (χ0n) is 13.5. The second-order valence-corrected chi connectivity index (χ2v) is 5.11. The van der Waals surface area contributed by atoms with Gasteiger partial charge in [-0.25, -0.2) is 0 Å². The van der Waals surface area contributed by atoms with Gasteiger partial charge in [-0.3, -0.25) is 9.78 Å². The largest absolute Gasteiger partial charge is 0.496 e. The highest BCUT2D eigenvalue weighted by molar-refractivity contribution is 5.98. The van der Waals surface area contributed by atoms with E-state index in [9.17, 15) is 4.79 Å². The predicted molar refractivity (Wildman–Crippen MR) is 85.7 cm³/mol. The van der Waals surface area contributed by atoms with E-state index in [1.54, 1.807) is 19.4 Å². The Kier molecular flexibility index (Phi) is 5.15. The van der Waals surface area contributed by atoms with E-state index in [-0.39, 0.29) is 5.78 Å². The number of aromatic nitrogens is 1. The lowest BCUT2D eigenvalue weighted by atomic mass is 10.1. The van der Waals surface area contributed by atoms with Crippen LogP contribution in [0.2, 0.25) is 0 Å². The number of aryl methyl sites for hydroxylation is 1. The summed E-state index contributed by atoms with van der Waals surface area (Å²) in [5, 5.41) is 0. The number of methoxy groups -OCH3 is 1. The van der Waals surface area contributed by atoms with Gasteiger partial charge in [-0.05, 0) is 26.0 Å². The van der Waals surface area contributed by atoms with Crippen LogP contribution < -0.4 is 9.47 Å². The average Bonchev–Trinajstić information content (AvgIpc) is 2.54. The Hall–Kier alpha value is -2.36. The van der Waals surface area contributed by atoms with E-state index in [1.807, 2.05) is 39.0 Å². The van der Waals surface area contributed by atoms with E-state index in [0.29, 0.717) is 24.3 Å². The van der Waals surface area contributed by atoms with E-state index in [4.69, 9.17) is 9.47 Å². The van der Waals surface area contributed by atoms with Gasteiger partial charge < -0.3 is 9.47 Å². The molecule has 0 saturated carbocycles. The Bertz CT molecular complexity index is 680. The standard InChI is InChI=1S/C18H21NO3/c1-5-16(20)14-8-6-7-9-17(14)22-11-15-13(3)18(21-4)12(2)10-19-15/h6-10H,5,11H2,1-4H3. The lowest BCUT2D eigenvalue weighted by molar-refractivity contribution is 0.0983. The maximum Gasteiger partial charge on any atom is 0.166 e. The molecule has 0 aliphatic heterocycles. The molecule has 116 valence electrons. The van der Waals surface area contributed by atoms with Gasteiger partial charge in [-0.2, -0.15) is 0 Å². The topological polar surface area (TPSA) is 48.4 Å². The van der Waals surface area contributed by atoms with E-state index in [1.165, 1.54) is 0 Å². The van der Waals surface area contributed by atoms with Gasteiger partial charge in [0.25, 0.3) is 0 Å². The summed E-state index contributed by atoms with van der Waals surface area (Å²) in [6.45, 7) is 6.06. The number of para-hydroxylation sites is 1. The maximum atomic E-state index is 11.9. The summed E-state index contributed by atoms with van der Waals surface area (Å²) in [5.41, 5.74) is 3.37. The van der Waals surface area contributed by atoms with Crippen molar-refractivity contribution in [2.24, 2.45) is 0 Å². The first-order valence-corrected chi connectivity index (χ1v) is 7.32. The van der Waals surface area contributed by atoms with Gasteiger partial charge in [0, 0.05) is 23.7 Å². The van der Waals surface area contributed by atoms with Crippen molar-refractivity contribution in [1.82, 2.24) is 4.98 Å². The lowest BCUT2D eigenvalue weighted by Crippen LogP contribution is -2.07. The summed E-state index contributed by atoms with van der Waals surface area (Å²) in [7, 11) is 1.65. The van der Waals surface area contributed by atoms with E-state index in [0.717, 1.165) is 22.6 Å². The molecule has 0 N–H and O–H groups in total. The number of carbonyl (C=O) groups is 1. The molecule has 0 spiro atoms. The minimum absolute atomic E-state index is 0.0711. The van der Waals surface area contributed by atoms with Crippen molar-refractivity contribution < 1.29 is 14.3 Å². The fourth-order valence-corrected chi connectivity index (χ4v) is 2.38. The zero-order valence-corrected chi connectivity index (χ0v) is 13.5. The monoisotopic (exact) mass is 299 g/mol. The molecule has 0 radical (unpaired) electrons. The number of hydrogen-bond donors (Lipinski definition) is 0. The molecule has 1 aromatic heterocycles. The smallest absolute Gasteiger partial charge is 0.166 e. The van der Waals surface area contributed by atoms with Gasteiger partial charge in [0.05, 0.1) is 18.4 Å². The van der Waals surface area contributed by atoms with E-state index >= 15 is 0 Å². The van der Waals surface area contributed by atoms with Crippen molar-refractivity contribution in [2.45, 2.75) is 33.8 Å². The molecule has 0 bridgehead atoms. The number of benzene rings is 1. The molecule has 1 aromatic carbocycles. The average molecular weight is 299 g/mol. The third-order valence-corrected chi connectivity index (χ3v) is 3.62. The van der Waals surface area contributed by atoms with Crippen molar-refractivity contribution in [1.29, 1.82) is 0 Å². The Morgan fingerprint density at radius 1 is 1.23 bits per heavy atom. The van der Waals surface area contributed by atoms with Gasteiger partial charge in [0.15, 0.2) is 5.78 Å². The molecule has 0 aliphatic rings. The maximum absolute atomic E-state index is 11.9. The van der Waals surface area contributed by atoms with Crippen molar-refractivity contribution in [3.05, 3.63) is 52.8 Å². The minimum atomic E-state index is 0.0711. The van der Waals surface area contributed by atoms with Gasteiger partial charge in [-0.15, -0.1) is 0 Å². The Balaban J connectivity index is 2.23. The molecule has 0 aliphatic carbocycles. The summed E-state index contributed by atoms with van der Waals surface area (Å²) in [6, 6.07) is 7.30. The molecular weight excluding hydrogens is 278 g/mol. The first-order valence-electron chi connectivity index (χ1n) is 7.32. The molecule has 0 saturated heterocycles. The molecule has 22 heavy (non-hydrogen) atoms. The molecule has 4 nitrogen and oxygen atoms in total. The third-order valence-electron chi connectivity index (χ3n) is 3.62. The van der Waals surface area contributed by atoms with Crippen LogP contribution >= 0.6 is 0 Å². The summed E-state index contributed by atoms with van der Waals surface area (Å²) in [6.07, 6.45) is 2.23. The quantitative estimate of drug-likeness (QED) is 0.760. The first kappa shape index (κ1) is 16.0. The normalized spacial score (nSPS) is 10.4. The Labute approximate surface area is 131 Å². The summed E-state index contributed by atoms with van der Waals surface area (Å²) in [5.74, 6) is 1.49. The van der Waals surface area contributed by atoms with E-state index in [2.05, 4.69) is 4.98 Å². The molecule has 0 atom stereocenters. The number of ketones is 1. The highest BCUT2D eigenvalue weighted by atomic mass is 16.5. The fourth-order valence-electron chi connectivity index (χ4n) is 2.38. The van der Waals surface area contributed by atoms with Crippen LogP contribution in [0, 0.1) is 13.8 Å². The number of rotatable bonds is 6. The second-order valence-electron chi connectivity index (χ2n) is 5.11. The number of Topliss-reactive ketones (excluding diaryl/α,β-unsaturated/α-hetero) is 1. The van der Waals surface area contributed by atoms with E-state index < -0.39 is 0 Å². The van der Waals surface area contributed by atoms with Gasteiger partial charge >= 0.3 is 0 Å². The Morgan fingerprint density at radius 2 is 1.95 bits per heavy atom. The number of hydrogen-bond acceptors (Lipinski definition) is 4. The van der Waals surface area contributed by atoms with Crippen molar-refractivity contribution in [3.8, 4) is 11.5 Å². The second kappa shape index (κ2) is 7.07. The molecule has 0 amide bonds. The minimum Gasteiger partial charge on any atom is -0.496 e. The van der Waals surface area contributed by atoms with Crippen molar-refractivity contribution in [3.63, 3.8) is 0 Å². The first-order chi connectivity index (χ1) is 10.6. The lowest BCUT2D eigenvalue weighted by Gasteiger charge is -2.14. The molecule has 4 heteroatoms. The van der Waals surface area contributed by atoms with Crippen LogP contribution in [-0.4, -0.2) is 17.9 Å². The molecule has 0 unspecified atom stereocenters. The van der Waals surface area contributed by atoms with Gasteiger partial charge in [-0.1, -0.05) is 19.1 Å². The highest BCUT2D eigenvalue weighted by Gasteiger charge is 2.13. The molecular formula is C18H21NO3. The summed E-state index contributed by atoms with van der Waals surface area (Å²) >= 11 is 0. The summed E-state index contributed by atoms with van der Waals surface area (Å²) in [4.78, 5) is 16.3. The Morgan fingerprint density at radius 3 is 2.64 bits per heavy atom. The zero-order chi connectivity index (χ0) is 16.1. The van der Waals surface area contributed by atoms with Crippen LogP contribution in [0.1, 0.15) is 40.5 Å². The van der Waals surface area contributed by atoms with Crippen LogP contribution in [0.5, 0.6) is 11.5 Å². The number of ether oxygens (including phenoxy) is 2. The molecule has 2 rings (SSSR count). The van der Waals surface area contributed by atoms with Crippen LogP contribution in [-0.2, 0) is 6.61 Å². The molecule has 1 heterocycles. The molecule has 2 aromatic rings. The van der Waals surface area contributed by atoms with Crippen LogP contribution in [0.4, 0.5) is 0 Å². The van der Waals surface area contributed by atoms with Crippen molar-refractivity contribution >= 4 is 5.78 Å². The fraction of sp³-hybridized carbons (Fsp3) is 0.333. The highest BCUT2D eigenvalue weighted by Crippen LogP contribution is 2.26. The van der Waals surface area contributed by atoms with Crippen LogP contribution in [0.25, 0.3) is 0 Å². The number of carbonyl (C=O) groups excluding carboxylic acids is 1. The van der Waals surface area contributed by atoms with Crippen LogP contribution in [0.15, 0.2) is 30.5 Å². The SMILES string of the molecule is CCC(=O)c1ccccc1OCc1ncc(C)c(OC)c1C. The van der Waals surface area contributed by atoms with Gasteiger partial charge in [0.1, 0.15) is 18.1 Å². The van der Waals surface area contributed by atoms with Gasteiger partial charge in [0.2, 0.25) is 0 Å². The summed E-state index contributed by atoms with van der Waals surface area (Å²) < 4.78 is 11.2. The number of pyridine rings is 1. The predicted octanol–water partition coefficient (Wildman–Crippen LogP) is 3.88. The number of nitrogens with zero attached hydrogens (tertiary/aromatic N) is 1. The van der Waals surface area contributed by atoms with Crippen LogP contribution in [0.3, 0.4) is 0 Å². The van der Waals surface area contributed by atoms with Crippen molar-refractivity contribution in [2.75, 3.05) is 7.11 Å². The third kappa shape index (κ3) is 3.27.